The predicted molar refractivity (Wildman–Crippen MR) is 75.1 cm³/mol. The van der Waals surface area contributed by atoms with Crippen molar-refractivity contribution >= 4 is 22.2 Å². The van der Waals surface area contributed by atoms with Gasteiger partial charge in [0.05, 0.1) is 10.7 Å². The highest BCUT2D eigenvalue weighted by Gasteiger charge is 2.17. The molecule has 102 valence electrons. The molecule has 1 N–H and O–H groups in total. The Labute approximate surface area is 113 Å². The lowest BCUT2D eigenvalue weighted by molar-refractivity contribution is -0.126. The summed E-state index contributed by atoms with van der Waals surface area (Å²) < 4.78 is 5.28. The van der Waals surface area contributed by atoms with Gasteiger partial charge >= 0.3 is 0 Å². The predicted octanol–water partition coefficient (Wildman–Crippen LogP) is 3.01. The Hall–Kier alpha value is -0.940. The maximum Gasteiger partial charge on any atom is 0.253 e. The zero-order chi connectivity index (χ0) is 13.7. The molecule has 0 aliphatic carbocycles. The van der Waals surface area contributed by atoms with Gasteiger partial charge in [0.25, 0.3) is 5.91 Å². The molecule has 0 saturated carbocycles. The SMILES string of the molecule is CCO[C@H](C)C(=O)Nc1sc(C)nc1CC(C)C. The topological polar surface area (TPSA) is 51.2 Å². The lowest BCUT2D eigenvalue weighted by atomic mass is 10.1. The van der Waals surface area contributed by atoms with Gasteiger partial charge in [-0.05, 0) is 33.1 Å². The molecule has 4 nitrogen and oxygen atoms in total. The normalized spacial score (nSPS) is 12.8. The van der Waals surface area contributed by atoms with Gasteiger partial charge in [0.2, 0.25) is 0 Å². The monoisotopic (exact) mass is 270 g/mol. The van der Waals surface area contributed by atoms with E-state index in [2.05, 4.69) is 24.1 Å². The van der Waals surface area contributed by atoms with Gasteiger partial charge in [-0.2, -0.15) is 0 Å². The van der Waals surface area contributed by atoms with Crippen molar-refractivity contribution in [3.05, 3.63) is 10.7 Å². The zero-order valence-corrected chi connectivity index (χ0v) is 12.6. The number of nitrogens with zero attached hydrogens (tertiary/aromatic N) is 1. The molecule has 0 aromatic carbocycles. The fourth-order valence-corrected chi connectivity index (χ4v) is 2.48. The second-order valence-electron chi connectivity index (χ2n) is 4.69. The summed E-state index contributed by atoms with van der Waals surface area (Å²) in [5.41, 5.74) is 0.976. The van der Waals surface area contributed by atoms with Gasteiger partial charge in [-0.25, -0.2) is 4.98 Å². The number of carbonyl (C=O) groups excluding carboxylic acids is 1. The van der Waals surface area contributed by atoms with Crippen LogP contribution in [0.2, 0.25) is 0 Å². The number of rotatable bonds is 6. The van der Waals surface area contributed by atoms with E-state index < -0.39 is 6.10 Å². The maximum absolute atomic E-state index is 11.9. The highest BCUT2D eigenvalue weighted by molar-refractivity contribution is 7.16. The van der Waals surface area contributed by atoms with E-state index in [1.54, 1.807) is 6.92 Å². The van der Waals surface area contributed by atoms with E-state index in [-0.39, 0.29) is 5.91 Å². The molecule has 1 amide bonds. The van der Waals surface area contributed by atoms with Crippen molar-refractivity contribution in [2.75, 3.05) is 11.9 Å². The second kappa shape index (κ2) is 6.85. The number of amides is 1. The number of ether oxygens (including phenoxy) is 1. The number of thiazole rings is 1. The third kappa shape index (κ3) is 4.38. The largest absolute Gasteiger partial charge is 0.369 e. The van der Waals surface area contributed by atoms with E-state index in [4.69, 9.17) is 4.74 Å². The Kier molecular flexibility index (Phi) is 5.75. The average molecular weight is 270 g/mol. The van der Waals surface area contributed by atoms with Crippen LogP contribution in [-0.2, 0) is 16.0 Å². The number of hydrogen-bond donors (Lipinski definition) is 1. The van der Waals surface area contributed by atoms with E-state index in [0.717, 1.165) is 22.1 Å². The molecule has 1 rings (SSSR count). The van der Waals surface area contributed by atoms with Gasteiger partial charge < -0.3 is 10.1 Å². The van der Waals surface area contributed by atoms with E-state index in [1.165, 1.54) is 11.3 Å². The van der Waals surface area contributed by atoms with Crippen LogP contribution >= 0.6 is 11.3 Å². The number of carbonyl (C=O) groups is 1. The van der Waals surface area contributed by atoms with Crippen LogP contribution in [0.3, 0.4) is 0 Å². The summed E-state index contributed by atoms with van der Waals surface area (Å²) in [7, 11) is 0. The van der Waals surface area contributed by atoms with Crippen molar-refractivity contribution in [3.63, 3.8) is 0 Å². The number of anilines is 1. The summed E-state index contributed by atoms with van der Waals surface area (Å²) in [4.78, 5) is 16.4. The molecule has 0 fully saturated rings. The van der Waals surface area contributed by atoms with Crippen LogP contribution in [0.5, 0.6) is 0 Å². The molecule has 1 heterocycles. The van der Waals surface area contributed by atoms with Crippen LogP contribution in [0.4, 0.5) is 5.00 Å². The van der Waals surface area contributed by atoms with Crippen molar-refractivity contribution in [2.24, 2.45) is 5.92 Å². The highest BCUT2D eigenvalue weighted by atomic mass is 32.1. The first-order valence-electron chi connectivity index (χ1n) is 6.32. The first kappa shape index (κ1) is 15.1. The molecule has 18 heavy (non-hydrogen) atoms. The number of aromatic nitrogens is 1. The summed E-state index contributed by atoms with van der Waals surface area (Å²) in [6.45, 7) is 10.4. The molecular weight excluding hydrogens is 248 g/mol. The number of hydrogen-bond acceptors (Lipinski definition) is 4. The Morgan fingerprint density at radius 2 is 2.11 bits per heavy atom. The Balaban J connectivity index is 2.74. The third-order valence-corrected chi connectivity index (χ3v) is 3.36. The highest BCUT2D eigenvalue weighted by Crippen LogP contribution is 2.26. The van der Waals surface area contributed by atoms with E-state index in [9.17, 15) is 4.79 Å². The standard InChI is InChI=1S/C13H22N2O2S/c1-6-17-9(4)12(16)15-13-11(7-8(2)3)14-10(5)18-13/h8-9H,6-7H2,1-5H3,(H,15,16)/t9-/m1/s1. The van der Waals surface area contributed by atoms with Gasteiger partial charge in [-0.3, -0.25) is 4.79 Å². The van der Waals surface area contributed by atoms with Crippen molar-refractivity contribution < 1.29 is 9.53 Å². The van der Waals surface area contributed by atoms with Crippen molar-refractivity contribution in [1.82, 2.24) is 4.98 Å². The van der Waals surface area contributed by atoms with Crippen LogP contribution in [0.1, 0.15) is 38.4 Å². The smallest absolute Gasteiger partial charge is 0.253 e. The minimum Gasteiger partial charge on any atom is -0.369 e. The molecule has 1 atom stereocenters. The molecule has 0 radical (unpaired) electrons. The molecule has 0 saturated heterocycles. The fraction of sp³-hybridized carbons (Fsp3) is 0.692. The second-order valence-corrected chi connectivity index (χ2v) is 5.90. The molecule has 0 unspecified atom stereocenters. The van der Waals surface area contributed by atoms with E-state index in [0.29, 0.717) is 12.5 Å². The molecule has 5 heteroatoms. The minimum atomic E-state index is -0.427. The molecule has 0 spiro atoms. The molecule has 1 aromatic rings. The molecule has 0 aliphatic heterocycles. The Morgan fingerprint density at radius 3 is 2.67 bits per heavy atom. The Morgan fingerprint density at radius 1 is 1.44 bits per heavy atom. The lowest BCUT2D eigenvalue weighted by Gasteiger charge is -2.12. The fourth-order valence-electron chi connectivity index (χ4n) is 1.63. The van der Waals surface area contributed by atoms with Gasteiger partial charge in [-0.1, -0.05) is 13.8 Å². The summed E-state index contributed by atoms with van der Waals surface area (Å²) in [5.74, 6) is 0.414. The molecule has 0 aliphatic rings. The summed E-state index contributed by atoms with van der Waals surface area (Å²) >= 11 is 1.52. The van der Waals surface area contributed by atoms with Gasteiger partial charge in [-0.15, -0.1) is 11.3 Å². The third-order valence-electron chi connectivity index (χ3n) is 2.43. The van der Waals surface area contributed by atoms with Crippen LogP contribution in [0.25, 0.3) is 0 Å². The Bertz CT molecular complexity index is 402. The first-order chi connectivity index (χ1) is 8.43. The van der Waals surface area contributed by atoms with Crippen LogP contribution in [0, 0.1) is 12.8 Å². The molecular formula is C13H22N2O2S. The maximum atomic E-state index is 11.9. The minimum absolute atomic E-state index is 0.106. The number of aryl methyl sites for hydroxylation is 1. The van der Waals surface area contributed by atoms with E-state index >= 15 is 0 Å². The van der Waals surface area contributed by atoms with Crippen LogP contribution < -0.4 is 5.32 Å². The van der Waals surface area contributed by atoms with Crippen molar-refractivity contribution in [3.8, 4) is 0 Å². The molecule has 0 bridgehead atoms. The lowest BCUT2D eigenvalue weighted by Crippen LogP contribution is -2.27. The summed E-state index contributed by atoms with van der Waals surface area (Å²) in [6.07, 6.45) is 0.451. The van der Waals surface area contributed by atoms with Crippen LogP contribution in [0.15, 0.2) is 0 Å². The van der Waals surface area contributed by atoms with Crippen LogP contribution in [-0.4, -0.2) is 23.6 Å². The number of nitrogens with one attached hydrogen (secondary N) is 1. The molecule has 1 aromatic heterocycles. The van der Waals surface area contributed by atoms with Gasteiger partial charge in [0.1, 0.15) is 11.1 Å². The average Bonchev–Trinajstić information content (AvgIpc) is 2.58. The van der Waals surface area contributed by atoms with E-state index in [1.807, 2.05) is 13.8 Å². The van der Waals surface area contributed by atoms with Gasteiger partial charge in [0.15, 0.2) is 0 Å². The van der Waals surface area contributed by atoms with Crippen molar-refractivity contribution in [1.29, 1.82) is 0 Å². The first-order valence-corrected chi connectivity index (χ1v) is 7.14. The zero-order valence-electron chi connectivity index (χ0n) is 11.7. The quantitative estimate of drug-likeness (QED) is 0.864. The van der Waals surface area contributed by atoms with Crippen molar-refractivity contribution in [2.45, 2.75) is 47.1 Å². The summed E-state index contributed by atoms with van der Waals surface area (Å²) in [5, 5.41) is 4.75. The van der Waals surface area contributed by atoms with Gasteiger partial charge in [0, 0.05) is 6.61 Å². The summed E-state index contributed by atoms with van der Waals surface area (Å²) in [6, 6.07) is 0.